The van der Waals surface area contributed by atoms with Crippen LogP contribution in [0.1, 0.15) is 44.9 Å². The van der Waals surface area contributed by atoms with Crippen LogP contribution < -0.4 is 5.73 Å². The van der Waals surface area contributed by atoms with Gasteiger partial charge in [0.2, 0.25) is 0 Å². The number of ether oxygens (including phenoxy) is 2. The molecule has 0 spiro atoms. The van der Waals surface area contributed by atoms with E-state index < -0.39 is 0 Å². The van der Waals surface area contributed by atoms with Crippen molar-refractivity contribution in [2.75, 3.05) is 20.3 Å². The molecule has 1 saturated carbocycles. The van der Waals surface area contributed by atoms with E-state index in [-0.39, 0.29) is 11.6 Å². The van der Waals surface area contributed by atoms with Crippen LogP contribution in [0.3, 0.4) is 0 Å². The predicted molar refractivity (Wildman–Crippen MR) is 64.3 cm³/mol. The van der Waals surface area contributed by atoms with Gasteiger partial charge in [-0.1, -0.05) is 12.8 Å². The lowest BCUT2D eigenvalue weighted by Crippen LogP contribution is -2.48. The molecule has 1 saturated heterocycles. The standard InChI is InChI=1S/C13H25NO2/c1-15-13(6-2-3-7-13)12(14)10-11-4-8-16-9-5-11/h11-12H,2-10,14H2,1H3. The zero-order chi connectivity index (χ0) is 11.4. The molecule has 1 atom stereocenters. The minimum atomic E-state index is -0.0156. The Morgan fingerprint density at radius 2 is 1.94 bits per heavy atom. The van der Waals surface area contributed by atoms with Gasteiger partial charge in [0.05, 0.1) is 5.60 Å². The van der Waals surface area contributed by atoms with E-state index in [4.69, 9.17) is 15.2 Å². The summed E-state index contributed by atoms with van der Waals surface area (Å²) in [5, 5.41) is 0. The second kappa shape index (κ2) is 5.48. The molecule has 0 aromatic heterocycles. The Bertz CT molecular complexity index is 208. The maximum atomic E-state index is 6.39. The maximum Gasteiger partial charge on any atom is 0.0828 e. The maximum absolute atomic E-state index is 6.39. The Kier molecular flexibility index (Phi) is 4.22. The summed E-state index contributed by atoms with van der Waals surface area (Å²) in [5.41, 5.74) is 6.37. The van der Waals surface area contributed by atoms with Crippen molar-refractivity contribution in [2.24, 2.45) is 11.7 Å². The highest BCUT2D eigenvalue weighted by atomic mass is 16.5. The summed E-state index contributed by atoms with van der Waals surface area (Å²) in [6, 6.07) is 0.211. The fraction of sp³-hybridized carbons (Fsp3) is 1.00. The minimum Gasteiger partial charge on any atom is -0.381 e. The van der Waals surface area contributed by atoms with Crippen LogP contribution in [-0.2, 0) is 9.47 Å². The first-order valence-corrected chi connectivity index (χ1v) is 6.65. The zero-order valence-corrected chi connectivity index (χ0v) is 10.4. The van der Waals surface area contributed by atoms with Crippen molar-refractivity contribution in [1.29, 1.82) is 0 Å². The Morgan fingerprint density at radius 1 is 1.31 bits per heavy atom. The van der Waals surface area contributed by atoms with E-state index in [9.17, 15) is 0 Å². The average molecular weight is 227 g/mol. The van der Waals surface area contributed by atoms with Gasteiger partial charge in [-0.2, -0.15) is 0 Å². The van der Waals surface area contributed by atoms with Gasteiger partial charge in [-0.05, 0) is 38.0 Å². The van der Waals surface area contributed by atoms with Crippen LogP contribution in [0.25, 0.3) is 0 Å². The molecule has 16 heavy (non-hydrogen) atoms. The molecular weight excluding hydrogens is 202 g/mol. The molecule has 0 radical (unpaired) electrons. The number of methoxy groups -OCH3 is 1. The fourth-order valence-electron chi connectivity index (χ4n) is 3.26. The molecule has 1 unspecified atom stereocenters. The van der Waals surface area contributed by atoms with E-state index in [2.05, 4.69) is 0 Å². The molecule has 0 bridgehead atoms. The van der Waals surface area contributed by atoms with Crippen LogP contribution in [0, 0.1) is 5.92 Å². The molecule has 1 aliphatic heterocycles. The Labute approximate surface area is 98.7 Å². The van der Waals surface area contributed by atoms with Gasteiger partial charge >= 0.3 is 0 Å². The normalized spacial score (nSPS) is 28.1. The quantitative estimate of drug-likeness (QED) is 0.800. The molecule has 0 aromatic carbocycles. The van der Waals surface area contributed by atoms with Crippen LogP contribution in [0.2, 0.25) is 0 Å². The molecule has 1 heterocycles. The third-order valence-electron chi connectivity index (χ3n) is 4.46. The van der Waals surface area contributed by atoms with Crippen LogP contribution in [0.5, 0.6) is 0 Å². The molecule has 2 aliphatic rings. The van der Waals surface area contributed by atoms with Crippen molar-refractivity contribution in [1.82, 2.24) is 0 Å². The first-order valence-electron chi connectivity index (χ1n) is 6.65. The van der Waals surface area contributed by atoms with E-state index in [1.54, 1.807) is 0 Å². The fourth-order valence-corrected chi connectivity index (χ4v) is 3.26. The predicted octanol–water partition coefficient (Wildman–Crippen LogP) is 2.09. The molecule has 0 amide bonds. The molecule has 2 N–H and O–H groups in total. The third kappa shape index (κ3) is 2.58. The van der Waals surface area contributed by atoms with Gasteiger partial charge in [-0.3, -0.25) is 0 Å². The first kappa shape index (κ1) is 12.3. The van der Waals surface area contributed by atoms with Crippen LogP contribution in [0.15, 0.2) is 0 Å². The van der Waals surface area contributed by atoms with Crippen LogP contribution in [-0.4, -0.2) is 32.0 Å². The van der Waals surface area contributed by atoms with Gasteiger partial charge in [-0.25, -0.2) is 0 Å². The third-order valence-corrected chi connectivity index (χ3v) is 4.46. The van der Waals surface area contributed by atoms with E-state index in [0.29, 0.717) is 0 Å². The van der Waals surface area contributed by atoms with Crippen LogP contribution >= 0.6 is 0 Å². The van der Waals surface area contributed by atoms with Gasteiger partial charge in [0.15, 0.2) is 0 Å². The molecule has 2 rings (SSSR count). The van der Waals surface area contributed by atoms with E-state index >= 15 is 0 Å². The Hall–Kier alpha value is -0.120. The second-order valence-electron chi connectivity index (χ2n) is 5.37. The minimum absolute atomic E-state index is 0.0156. The highest BCUT2D eigenvalue weighted by molar-refractivity contribution is 4.96. The van der Waals surface area contributed by atoms with Gasteiger partial charge in [-0.15, -0.1) is 0 Å². The molecular formula is C13H25NO2. The number of hydrogen-bond acceptors (Lipinski definition) is 3. The zero-order valence-electron chi connectivity index (χ0n) is 10.4. The lowest BCUT2D eigenvalue weighted by atomic mass is 9.83. The number of rotatable bonds is 4. The summed E-state index contributed by atoms with van der Waals surface area (Å²) in [5.74, 6) is 0.747. The van der Waals surface area contributed by atoms with Crippen molar-refractivity contribution in [3.05, 3.63) is 0 Å². The molecule has 3 nitrogen and oxygen atoms in total. The van der Waals surface area contributed by atoms with E-state index in [1.165, 1.54) is 25.7 Å². The van der Waals surface area contributed by atoms with Crippen molar-refractivity contribution < 1.29 is 9.47 Å². The summed E-state index contributed by atoms with van der Waals surface area (Å²) in [7, 11) is 1.83. The summed E-state index contributed by atoms with van der Waals surface area (Å²) in [6.07, 6.45) is 8.30. The Balaban J connectivity index is 1.87. The monoisotopic (exact) mass is 227 g/mol. The van der Waals surface area contributed by atoms with Gasteiger partial charge < -0.3 is 15.2 Å². The summed E-state index contributed by atoms with van der Waals surface area (Å²) < 4.78 is 11.1. The lowest BCUT2D eigenvalue weighted by Gasteiger charge is -2.36. The lowest BCUT2D eigenvalue weighted by molar-refractivity contribution is -0.0364. The van der Waals surface area contributed by atoms with Gasteiger partial charge in [0, 0.05) is 26.4 Å². The summed E-state index contributed by atoms with van der Waals surface area (Å²) >= 11 is 0. The number of hydrogen-bond donors (Lipinski definition) is 1. The topological polar surface area (TPSA) is 44.5 Å². The molecule has 2 fully saturated rings. The van der Waals surface area contributed by atoms with Crippen molar-refractivity contribution in [3.63, 3.8) is 0 Å². The second-order valence-corrected chi connectivity index (χ2v) is 5.37. The number of nitrogens with two attached hydrogens (primary N) is 1. The van der Waals surface area contributed by atoms with Crippen molar-refractivity contribution >= 4 is 0 Å². The summed E-state index contributed by atoms with van der Waals surface area (Å²) in [6.45, 7) is 1.83. The van der Waals surface area contributed by atoms with Gasteiger partial charge in [0.1, 0.15) is 0 Å². The van der Waals surface area contributed by atoms with E-state index in [1.807, 2.05) is 7.11 Å². The highest BCUT2D eigenvalue weighted by Crippen LogP contribution is 2.37. The average Bonchev–Trinajstić information content (AvgIpc) is 2.80. The van der Waals surface area contributed by atoms with E-state index in [0.717, 1.165) is 38.4 Å². The smallest absolute Gasteiger partial charge is 0.0828 e. The van der Waals surface area contributed by atoms with Crippen molar-refractivity contribution in [3.8, 4) is 0 Å². The Morgan fingerprint density at radius 3 is 2.50 bits per heavy atom. The molecule has 1 aliphatic carbocycles. The molecule has 3 heteroatoms. The summed E-state index contributed by atoms with van der Waals surface area (Å²) in [4.78, 5) is 0. The largest absolute Gasteiger partial charge is 0.381 e. The van der Waals surface area contributed by atoms with Gasteiger partial charge in [0.25, 0.3) is 0 Å². The highest BCUT2D eigenvalue weighted by Gasteiger charge is 2.40. The first-order chi connectivity index (χ1) is 7.77. The SMILES string of the molecule is COC1(C(N)CC2CCOCC2)CCCC1. The molecule has 94 valence electrons. The molecule has 0 aromatic rings. The van der Waals surface area contributed by atoms with Crippen molar-refractivity contribution in [2.45, 2.75) is 56.6 Å². The van der Waals surface area contributed by atoms with Crippen LogP contribution in [0.4, 0.5) is 0 Å².